The van der Waals surface area contributed by atoms with Crippen LogP contribution in [0.2, 0.25) is 0 Å². The third-order valence-corrected chi connectivity index (χ3v) is 8.03. The van der Waals surface area contributed by atoms with Gasteiger partial charge in [0.1, 0.15) is 24.1 Å². The molecular weight excluding hydrogens is 555 g/mol. The van der Waals surface area contributed by atoms with E-state index in [1.54, 1.807) is 32.0 Å². The van der Waals surface area contributed by atoms with Crippen LogP contribution >= 0.6 is 7.75 Å². The average Bonchev–Trinajstić information content (AvgIpc) is 3.50. The SMILES string of the molecule is CC(C)OC(=O)[C@H](C)NP(=O)(OC[C@H]1O[C@@H](n2cnc3c(=O)[nH]c(N)nc32)C[C@H]1O)Oc1cccc2ccccc12. The molecule has 1 fully saturated rings. The fourth-order valence-electron chi connectivity index (χ4n) is 4.48. The van der Waals surface area contributed by atoms with Crippen molar-refractivity contribution in [3.8, 4) is 5.75 Å². The monoisotopic (exact) mass is 586 g/mol. The molecule has 2 aromatic heterocycles. The quantitative estimate of drug-likeness (QED) is 0.157. The molecule has 3 heterocycles. The zero-order valence-corrected chi connectivity index (χ0v) is 23.5. The van der Waals surface area contributed by atoms with E-state index in [1.807, 2.05) is 24.3 Å². The van der Waals surface area contributed by atoms with Crippen LogP contribution in [0.15, 0.2) is 53.6 Å². The number of nitrogens with one attached hydrogen (secondary N) is 2. The van der Waals surface area contributed by atoms with Crippen LogP contribution in [0.4, 0.5) is 5.95 Å². The first-order valence-electron chi connectivity index (χ1n) is 13.0. The maximum Gasteiger partial charge on any atom is 0.459 e. The zero-order chi connectivity index (χ0) is 29.3. The number of esters is 1. The summed E-state index contributed by atoms with van der Waals surface area (Å²) in [5.41, 5.74) is 5.43. The van der Waals surface area contributed by atoms with Crippen LogP contribution < -0.4 is 20.9 Å². The Bertz CT molecular complexity index is 1670. The number of carbonyl (C=O) groups is 1. The molecule has 5 rings (SSSR count). The largest absolute Gasteiger partial charge is 0.462 e. The van der Waals surface area contributed by atoms with Gasteiger partial charge in [-0.25, -0.2) is 9.55 Å². The van der Waals surface area contributed by atoms with Crippen LogP contribution in [0.5, 0.6) is 5.75 Å². The number of aliphatic hydroxyl groups excluding tert-OH is 1. The number of hydrogen-bond acceptors (Lipinski definition) is 11. The van der Waals surface area contributed by atoms with E-state index < -0.39 is 43.8 Å². The first kappa shape index (κ1) is 28.7. The molecule has 0 spiro atoms. The summed E-state index contributed by atoms with van der Waals surface area (Å²) >= 11 is 0. The van der Waals surface area contributed by atoms with E-state index >= 15 is 0 Å². The molecule has 1 aliphatic heterocycles. The number of hydrogen-bond donors (Lipinski definition) is 4. The van der Waals surface area contributed by atoms with E-state index in [-0.39, 0.29) is 42.0 Å². The molecule has 0 radical (unpaired) electrons. The Kier molecular flexibility index (Phi) is 8.11. The van der Waals surface area contributed by atoms with Crippen LogP contribution in [0, 0.1) is 0 Å². The number of rotatable bonds is 10. The van der Waals surface area contributed by atoms with E-state index in [0.717, 1.165) is 5.39 Å². The Morgan fingerprint density at radius 1 is 1.27 bits per heavy atom. The minimum absolute atomic E-state index is 0.0662. The van der Waals surface area contributed by atoms with Gasteiger partial charge in [0.05, 0.1) is 25.1 Å². The molecule has 218 valence electrons. The topological polar surface area (TPSA) is 193 Å². The number of anilines is 1. The van der Waals surface area contributed by atoms with E-state index in [2.05, 4.69) is 20.0 Å². The van der Waals surface area contributed by atoms with Gasteiger partial charge < -0.3 is 24.8 Å². The molecule has 0 amide bonds. The maximum absolute atomic E-state index is 14.1. The Hall–Kier alpha value is -3.81. The van der Waals surface area contributed by atoms with E-state index in [1.165, 1.54) is 17.8 Å². The highest BCUT2D eigenvalue weighted by Crippen LogP contribution is 2.47. The highest BCUT2D eigenvalue weighted by Gasteiger charge is 2.40. The van der Waals surface area contributed by atoms with Crippen LogP contribution in [0.3, 0.4) is 0 Å². The zero-order valence-electron chi connectivity index (χ0n) is 22.6. The number of ether oxygens (including phenoxy) is 2. The second-order valence-electron chi connectivity index (χ2n) is 9.91. The molecule has 0 aliphatic carbocycles. The van der Waals surface area contributed by atoms with Crippen molar-refractivity contribution in [1.29, 1.82) is 0 Å². The van der Waals surface area contributed by atoms with Gasteiger partial charge in [-0.05, 0) is 32.2 Å². The first-order chi connectivity index (χ1) is 19.5. The Morgan fingerprint density at radius 3 is 2.80 bits per heavy atom. The fourth-order valence-corrected chi connectivity index (χ4v) is 6.00. The second-order valence-corrected chi connectivity index (χ2v) is 11.6. The van der Waals surface area contributed by atoms with Gasteiger partial charge in [-0.15, -0.1) is 0 Å². The van der Waals surface area contributed by atoms with Crippen molar-refractivity contribution in [2.24, 2.45) is 0 Å². The number of carbonyl (C=O) groups excluding carboxylic acids is 1. The van der Waals surface area contributed by atoms with Crippen LogP contribution in [0.1, 0.15) is 33.4 Å². The van der Waals surface area contributed by atoms with Gasteiger partial charge in [-0.1, -0.05) is 36.4 Å². The van der Waals surface area contributed by atoms with Gasteiger partial charge in [0.25, 0.3) is 5.56 Å². The number of nitrogen functional groups attached to an aromatic ring is 1. The number of nitrogens with two attached hydrogens (primary N) is 1. The lowest BCUT2D eigenvalue weighted by molar-refractivity contribution is -0.149. The molecular formula is C26H31N6O8P. The van der Waals surface area contributed by atoms with Crippen LogP contribution in [0.25, 0.3) is 21.9 Å². The first-order valence-corrected chi connectivity index (χ1v) is 14.5. The molecule has 15 heteroatoms. The lowest BCUT2D eigenvalue weighted by Gasteiger charge is -2.25. The lowest BCUT2D eigenvalue weighted by atomic mass is 10.1. The lowest BCUT2D eigenvalue weighted by Crippen LogP contribution is -2.37. The minimum atomic E-state index is -4.25. The smallest absolute Gasteiger partial charge is 0.459 e. The normalized spacial score (nSPS) is 21.2. The van der Waals surface area contributed by atoms with Crippen molar-refractivity contribution in [2.45, 2.75) is 57.8 Å². The third-order valence-electron chi connectivity index (χ3n) is 6.40. The second kappa shape index (κ2) is 11.6. The Morgan fingerprint density at radius 2 is 2.02 bits per heavy atom. The third kappa shape index (κ3) is 6.26. The molecule has 1 saturated heterocycles. The molecule has 1 aliphatic rings. The van der Waals surface area contributed by atoms with E-state index in [4.69, 9.17) is 24.3 Å². The summed E-state index contributed by atoms with van der Waals surface area (Å²) in [6.07, 6.45) is -1.65. The molecule has 0 saturated carbocycles. The molecule has 2 aromatic carbocycles. The number of nitrogens with zero attached hydrogens (tertiary/aromatic N) is 3. The van der Waals surface area contributed by atoms with Gasteiger partial charge in [-0.2, -0.15) is 10.1 Å². The highest BCUT2D eigenvalue weighted by molar-refractivity contribution is 7.52. The summed E-state index contributed by atoms with van der Waals surface area (Å²) in [7, 11) is -4.25. The Balaban J connectivity index is 1.36. The Labute approximate surface area is 234 Å². The fraction of sp³-hybridized carbons (Fsp3) is 0.385. The number of H-pyrrole nitrogens is 1. The van der Waals surface area contributed by atoms with Crippen LogP contribution in [-0.4, -0.2) is 61.6 Å². The van der Waals surface area contributed by atoms with E-state index in [9.17, 15) is 19.3 Å². The molecule has 0 bridgehead atoms. The van der Waals surface area contributed by atoms with Crippen molar-refractivity contribution in [3.63, 3.8) is 0 Å². The number of imidazole rings is 1. The molecule has 5 N–H and O–H groups in total. The van der Waals surface area contributed by atoms with Crippen LogP contribution in [-0.2, 0) is 23.4 Å². The standard InChI is InChI=1S/C26H31N6O8P/c1-14(2)38-25(35)15(3)31-41(36,40-19-10-6-8-16-7-4-5-9-17(16)19)37-12-20-18(33)11-21(39-20)32-13-28-22-23(32)29-26(27)30-24(22)34/h4-10,13-15,18,20-21,33H,11-12H2,1-3H3,(H,31,36)(H3,27,29,30,34)/t15-,18+,20+,21+,41?/m0/s1. The number of fused-ring (bicyclic) bond motifs is 2. The van der Waals surface area contributed by atoms with Crippen molar-refractivity contribution in [1.82, 2.24) is 24.6 Å². The van der Waals surface area contributed by atoms with Gasteiger partial charge in [0, 0.05) is 11.8 Å². The van der Waals surface area contributed by atoms with Gasteiger partial charge in [-0.3, -0.25) is 23.7 Å². The number of aromatic nitrogens is 4. The van der Waals surface area contributed by atoms with Crippen molar-refractivity contribution in [2.75, 3.05) is 12.3 Å². The van der Waals surface area contributed by atoms with Gasteiger partial charge in [0.15, 0.2) is 11.2 Å². The van der Waals surface area contributed by atoms with E-state index in [0.29, 0.717) is 5.39 Å². The van der Waals surface area contributed by atoms with Gasteiger partial charge in [0.2, 0.25) is 5.95 Å². The number of benzene rings is 2. The summed E-state index contributed by atoms with van der Waals surface area (Å²) < 4.78 is 38.5. The summed E-state index contributed by atoms with van der Waals surface area (Å²) in [5, 5.41) is 14.9. The minimum Gasteiger partial charge on any atom is -0.462 e. The highest BCUT2D eigenvalue weighted by atomic mass is 31.2. The summed E-state index contributed by atoms with van der Waals surface area (Å²) in [5.74, 6) is -0.463. The predicted octanol–water partition coefficient (Wildman–Crippen LogP) is 2.64. The number of aliphatic hydroxyl groups is 1. The van der Waals surface area contributed by atoms with Crippen molar-refractivity contribution < 1.29 is 33.0 Å². The summed E-state index contributed by atoms with van der Waals surface area (Å²) in [6.45, 7) is 4.52. The summed E-state index contributed by atoms with van der Waals surface area (Å²) in [6, 6.07) is 11.6. The maximum atomic E-state index is 14.1. The van der Waals surface area contributed by atoms with Gasteiger partial charge >= 0.3 is 13.7 Å². The molecule has 5 atom stereocenters. The number of aromatic amines is 1. The molecule has 4 aromatic rings. The van der Waals surface area contributed by atoms with Crippen molar-refractivity contribution in [3.05, 3.63) is 59.1 Å². The predicted molar refractivity (Wildman–Crippen MR) is 149 cm³/mol. The molecule has 41 heavy (non-hydrogen) atoms. The van der Waals surface area contributed by atoms with Crippen molar-refractivity contribution >= 4 is 41.6 Å². The molecule has 14 nitrogen and oxygen atoms in total. The summed E-state index contributed by atoms with van der Waals surface area (Å²) in [4.78, 5) is 35.2. The average molecular weight is 587 g/mol. The molecule has 1 unspecified atom stereocenters.